The Morgan fingerprint density at radius 2 is 0.887 bits per heavy atom. The van der Waals surface area contributed by atoms with E-state index in [1.54, 1.807) is 6.08 Å². The van der Waals surface area contributed by atoms with Crippen molar-refractivity contribution in [3.8, 4) is 0 Å². The molecular weight excluding hydrogens is 796 g/mol. The van der Waals surface area contributed by atoms with Crippen molar-refractivity contribution in [1.82, 2.24) is 5.32 Å². The van der Waals surface area contributed by atoms with Crippen LogP contribution < -0.4 is 11.1 Å². The summed E-state index contributed by atoms with van der Waals surface area (Å²) in [4.78, 5) is 22.9. The third-order valence-corrected chi connectivity index (χ3v) is 13.4. The number of carbonyl (C=O) groups is 1. The van der Waals surface area contributed by atoms with Crippen LogP contribution in [0, 0.1) is 0 Å². The quantitative estimate of drug-likeness (QED) is 0.0230. The van der Waals surface area contributed by atoms with Crippen LogP contribution in [0.5, 0.6) is 0 Å². The number of hydrogen-bond acceptors (Lipinski definition) is 7. The second-order valence-electron chi connectivity index (χ2n) is 18.6. The minimum atomic E-state index is -4.40. The van der Waals surface area contributed by atoms with E-state index in [1.807, 2.05) is 6.08 Å². The minimum absolute atomic E-state index is 0.0519. The molecule has 0 aliphatic rings. The summed E-state index contributed by atoms with van der Waals surface area (Å²) in [7, 11) is -4.40. The summed E-state index contributed by atoms with van der Waals surface area (Å²) in [6.07, 6.45) is 53.1. The SMILES string of the molecule is CCCCCCCCCCCCCCCCCCCC/C=C/C(O)C(COP(=O)(O)OCCN)NC(=O)CC(O)CCCCCCCCCCCCCCCCCCCCCC. The maximum atomic E-state index is 12.9. The van der Waals surface area contributed by atoms with Crippen LogP contribution in [0.2, 0.25) is 0 Å². The first-order valence-electron chi connectivity index (χ1n) is 26.9. The highest BCUT2D eigenvalue weighted by atomic mass is 31.2. The molecule has 0 aromatic heterocycles. The molecule has 0 bridgehead atoms. The molecule has 9 nitrogen and oxygen atoms in total. The van der Waals surface area contributed by atoms with Gasteiger partial charge in [-0.05, 0) is 19.3 Å². The molecule has 0 aliphatic heterocycles. The van der Waals surface area contributed by atoms with E-state index >= 15 is 0 Å². The Morgan fingerprint density at radius 3 is 1.24 bits per heavy atom. The van der Waals surface area contributed by atoms with E-state index in [2.05, 4.69) is 19.2 Å². The maximum Gasteiger partial charge on any atom is 0.472 e. The Hall–Kier alpha value is -0.800. The molecule has 0 rings (SSSR count). The van der Waals surface area contributed by atoms with Crippen molar-refractivity contribution in [3.05, 3.63) is 12.2 Å². The van der Waals surface area contributed by atoms with Gasteiger partial charge >= 0.3 is 7.82 Å². The van der Waals surface area contributed by atoms with Gasteiger partial charge in [0.05, 0.1) is 37.9 Å². The van der Waals surface area contributed by atoms with Crippen LogP contribution in [0.1, 0.15) is 277 Å². The molecule has 62 heavy (non-hydrogen) atoms. The van der Waals surface area contributed by atoms with E-state index in [0.717, 1.165) is 38.5 Å². The molecule has 0 saturated carbocycles. The largest absolute Gasteiger partial charge is 0.472 e. The number of phosphoric acid groups is 1. The summed E-state index contributed by atoms with van der Waals surface area (Å²) < 4.78 is 22.2. The van der Waals surface area contributed by atoms with Gasteiger partial charge in [0.15, 0.2) is 0 Å². The van der Waals surface area contributed by atoms with Crippen molar-refractivity contribution >= 4 is 13.7 Å². The molecule has 0 aromatic rings. The number of unbranched alkanes of at least 4 members (excludes halogenated alkanes) is 37. The zero-order valence-corrected chi connectivity index (χ0v) is 41.9. The molecule has 0 aromatic carbocycles. The fourth-order valence-corrected chi connectivity index (χ4v) is 9.12. The van der Waals surface area contributed by atoms with Gasteiger partial charge in [-0.25, -0.2) is 4.57 Å². The lowest BCUT2D eigenvalue weighted by Gasteiger charge is -2.24. The highest BCUT2D eigenvalue weighted by molar-refractivity contribution is 7.47. The van der Waals surface area contributed by atoms with Crippen molar-refractivity contribution in [2.24, 2.45) is 5.73 Å². The van der Waals surface area contributed by atoms with Gasteiger partial charge in [0.25, 0.3) is 0 Å². The Labute approximate surface area is 384 Å². The predicted octanol–water partition coefficient (Wildman–Crippen LogP) is 14.9. The Bertz CT molecular complexity index is 1000. The molecule has 10 heteroatoms. The molecule has 370 valence electrons. The summed E-state index contributed by atoms with van der Waals surface area (Å²) in [5, 5.41) is 24.2. The number of phosphoric ester groups is 1. The number of aliphatic hydroxyl groups excluding tert-OH is 2. The summed E-state index contributed by atoms with van der Waals surface area (Å²) in [6, 6.07) is -0.979. The number of allylic oxidation sites excluding steroid dienone is 1. The van der Waals surface area contributed by atoms with Crippen LogP contribution in [0.4, 0.5) is 0 Å². The van der Waals surface area contributed by atoms with Gasteiger partial charge in [-0.3, -0.25) is 13.8 Å². The standard InChI is InChI=1S/C52H105N2O7P/c1-3-5-7-9-11-13-15-17-19-21-23-25-27-29-31-33-35-37-39-41-43-49(55)47-52(57)54-50(48-61-62(58,59)60-46-45-53)51(56)44-42-40-38-36-34-32-30-28-26-24-22-20-18-16-14-12-10-8-6-4-2/h42,44,49-51,55-56H,3-41,43,45-48,53H2,1-2H3,(H,54,57)(H,58,59)/b44-42+. The van der Waals surface area contributed by atoms with E-state index in [1.165, 1.54) is 212 Å². The van der Waals surface area contributed by atoms with Gasteiger partial charge in [0, 0.05) is 6.54 Å². The third-order valence-electron chi connectivity index (χ3n) is 12.4. The Balaban J connectivity index is 4.13. The zero-order chi connectivity index (χ0) is 45.5. The van der Waals surface area contributed by atoms with E-state index in [9.17, 15) is 24.5 Å². The zero-order valence-electron chi connectivity index (χ0n) is 41.0. The molecular formula is C52H105N2O7P. The first kappa shape index (κ1) is 61.2. The maximum absolute atomic E-state index is 12.9. The molecule has 0 fully saturated rings. The first-order chi connectivity index (χ1) is 30.3. The smallest absolute Gasteiger partial charge is 0.393 e. The van der Waals surface area contributed by atoms with Gasteiger partial charge in [-0.2, -0.15) is 0 Å². The van der Waals surface area contributed by atoms with Crippen molar-refractivity contribution < 1.29 is 33.5 Å². The average molecular weight is 901 g/mol. The molecule has 4 atom stereocenters. The van der Waals surface area contributed by atoms with Crippen LogP contribution in [0.15, 0.2) is 12.2 Å². The lowest BCUT2D eigenvalue weighted by atomic mass is 10.0. The van der Waals surface area contributed by atoms with Crippen LogP contribution in [0.25, 0.3) is 0 Å². The van der Waals surface area contributed by atoms with Crippen LogP contribution in [0.3, 0.4) is 0 Å². The normalized spacial score (nSPS) is 14.4. The van der Waals surface area contributed by atoms with Gasteiger partial charge in [0.1, 0.15) is 0 Å². The molecule has 0 saturated heterocycles. The molecule has 0 radical (unpaired) electrons. The fourth-order valence-electron chi connectivity index (χ4n) is 8.36. The highest BCUT2D eigenvalue weighted by Crippen LogP contribution is 2.43. The number of carbonyl (C=O) groups excluding carboxylic acids is 1. The number of hydrogen-bond donors (Lipinski definition) is 5. The number of amides is 1. The van der Waals surface area contributed by atoms with E-state index < -0.39 is 38.6 Å². The summed E-state index contributed by atoms with van der Waals surface area (Å²) in [5.74, 6) is -0.439. The van der Waals surface area contributed by atoms with Crippen molar-refractivity contribution in [3.63, 3.8) is 0 Å². The van der Waals surface area contributed by atoms with Crippen molar-refractivity contribution in [2.45, 2.75) is 295 Å². The van der Waals surface area contributed by atoms with Gasteiger partial charge < -0.3 is 26.2 Å². The second-order valence-corrected chi connectivity index (χ2v) is 20.1. The number of aliphatic hydroxyl groups is 2. The minimum Gasteiger partial charge on any atom is -0.393 e. The summed E-state index contributed by atoms with van der Waals surface area (Å²) in [5.41, 5.74) is 5.39. The third kappa shape index (κ3) is 45.8. The van der Waals surface area contributed by atoms with Crippen LogP contribution in [-0.2, 0) is 18.4 Å². The molecule has 0 spiro atoms. The molecule has 1 amide bonds. The van der Waals surface area contributed by atoms with E-state index in [0.29, 0.717) is 6.42 Å². The Kier molecular flexibility index (Phi) is 47.5. The van der Waals surface area contributed by atoms with Gasteiger partial charge in [-0.15, -0.1) is 0 Å². The summed E-state index contributed by atoms with van der Waals surface area (Å²) in [6.45, 7) is 4.03. The number of nitrogens with two attached hydrogens (primary N) is 1. The number of nitrogens with one attached hydrogen (secondary N) is 1. The lowest BCUT2D eigenvalue weighted by Crippen LogP contribution is -2.46. The van der Waals surface area contributed by atoms with E-state index in [-0.39, 0.29) is 19.6 Å². The van der Waals surface area contributed by atoms with Crippen LogP contribution >= 0.6 is 7.82 Å². The molecule has 0 heterocycles. The van der Waals surface area contributed by atoms with Crippen molar-refractivity contribution in [1.29, 1.82) is 0 Å². The van der Waals surface area contributed by atoms with Gasteiger partial charge in [0.2, 0.25) is 5.91 Å². The predicted molar refractivity (Wildman–Crippen MR) is 265 cm³/mol. The first-order valence-corrected chi connectivity index (χ1v) is 28.4. The van der Waals surface area contributed by atoms with Gasteiger partial charge in [-0.1, -0.05) is 264 Å². The van der Waals surface area contributed by atoms with Crippen molar-refractivity contribution in [2.75, 3.05) is 19.8 Å². The highest BCUT2D eigenvalue weighted by Gasteiger charge is 2.27. The molecule has 0 aliphatic carbocycles. The Morgan fingerprint density at radius 1 is 0.548 bits per heavy atom. The average Bonchev–Trinajstić information content (AvgIpc) is 3.25. The molecule has 6 N–H and O–H groups in total. The van der Waals surface area contributed by atoms with E-state index in [4.69, 9.17) is 14.8 Å². The lowest BCUT2D eigenvalue weighted by molar-refractivity contribution is -0.124. The van der Waals surface area contributed by atoms with Crippen LogP contribution in [-0.4, -0.2) is 59.0 Å². The second kappa shape index (κ2) is 48.1. The topological polar surface area (TPSA) is 151 Å². The monoisotopic (exact) mass is 901 g/mol. The summed E-state index contributed by atoms with van der Waals surface area (Å²) >= 11 is 0. The molecule has 4 unspecified atom stereocenters. The number of rotatable bonds is 51. The fraction of sp³-hybridized carbons (Fsp3) is 0.942.